The number of aliphatic hydroxyl groups is 1. The first kappa shape index (κ1) is 11.8. The molecule has 1 aromatic heterocycles. The Hall–Kier alpha value is -1.23. The summed E-state index contributed by atoms with van der Waals surface area (Å²) in [5.41, 5.74) is 6.45. The lowest BCUT2D eigenvalue weighted by Crippen LogP contribution is -2.16. The Morgan fingerprint density at radius 2 is 2.40 bits per heavy atom. The highest BCUT2D eigenvalue weighted by molar-refractivity contribution is 5.60. The number of hydrogen-bond donors (Lipinski definition) is 3. The molecule has 1 aromatic rings. The molecule has 86 valence electrons. The van der Waals surface area contributed by atoms with E-state index in [-0.39, 0.29) is 12.5 Å². The first-order chi connectivity index (χ1) is 7.19. The van der Waals surface area contributed by atoms with Gasteiger partial charge in [0.2, 0.25) is 0 Å². The van der Waals surface area contributed by atoms with Gasteiger partial charge in [-0.05, 0) is 12.3 Å². The number of nitrogens with two attached hydrogens (primary N) is 1. The van der Waals surface area contributed by atoms with Crippen LogP contribution in [0.5, 0.6) is 0 Å². The van der Waals surface area contributed by atoms with E-state index in [2.05, 4.69) is 17.3 Å². The molecule has 1 rings (SSSR count). The number of nitrogens with zero attached hydrogens (tertiary/aromatic N) is 2. The molecule has 1 heterocycles. The van der Waals surface area contributed by atoms with Crippen molar-refractivity contribution in [2.45, 2.75) is 26.8 Å². The molecule has 0 fully saturated rings. The summed E-state index contributed by atoms with van der Waals surface area (Å²) in [5, 5.41) is 16.4. The zero-order valence-electron chi connectivity index (χ0n) is 9.40. The minimum Gasteiger partial charge on any atom is -0.396 e. The smallest absolute Gasteiger partial charge is 0.147 e. The second-order valence-electron chi connectivity index (χ2n) is 3.85. The maximum absolute atomic E-state index is 8.98. The summed E-state index contributed by atoms with van der Waals surface area (Å²) >= 11 is 0. The summed E-state index contributed by atoms with van der Waals surface area (Å²) in [6.45, 7) is 5.79. The molecular formula is C10H20N4O. The van der Waals surface area contributed by atoms with Crippen molar-refractivity contribution in [3.63, 3.8) is 0 Å². The predicted molar refractivity (Wildman–Crippen MR) is 61.7 cm³/mol. The normalized spacial score (nSPS) is 12.7. The van der Waals surface area contributed by atoms with Crippen molar-refractivity contribution in [3.05, 3.63) is 6.20 Å². The van der Waals surface area contributed by atoms with Crippen LogP contribution in [0.3, 0.4) is 0 Å². The van der Waals surface area contributed by atoms with Crippen LogP contribution in [0.15, 0.2) is 6.20 Å². The van der Waals surface area contributed by atoms with Crippen molar-refractivity contribution in [3.8, 4) is 0 Å². The summed E-state index contributed by atoms with van der Waals surface area (Å²) in [6, 6.07) is 0. The first-order valence-corrected chi connectivity index (χ1v) is 5.35. The number of nitrogens with one attached hydrogen (secondary N) is 1. The number of rotatable bonds is 6. The van der Waals surface area contributed by atoms with Gasteiger partial charge in [-0.15, -0.1) is 0 Å². The van der Waals surface area contributed by atoms with Gasteiger partial charge >= 0.3 is 0 Å². The van der Waals surface area contributed by atoms with Gasteiger partial charge in [0, 0.05) is 19.7 Å². The molecule has 0 aliphatic carbocycles. The number of hydrogen-bond acceptors (Lipinski definition) is 4. The minimum atomic E-state index is 0.160. The van der Waals surface area contributed by atoms with E-state index in [1.807, 2.05) is 11.6 Å². The lowest BCUT2D eigenvalue weighted by Gasteiger charge is -2.13. The zero-order valence-corrected chi connectivity index (χ0v) is 9.40. The summed E-state index contributed by atoms with van der Waals surface area (Å²) in [6.07, 6.45) is 2.68. The van der Waals surface area contributed by atoms with Gasteiger partial charge in [0.05, 0.1) is 11.9 Å². The largest absolute Gasteiger partial charge is 0.396 e. The Bertz CT molecular complexity index is 298. The molecule has 0 radical (unpaired) electrons. The van der Waals surface area contributed by atoms with Gasteiger partial charge in [0.25, 0.3) is 0 Å². The van der Waals surface area contributed by atoms with E-state index in [1.165, 1.54) is 0 Å². The summed E-state index contributed by atoms with van der Waals surface area (Å²) in [4.78, 5) is 0. The van der Waals surface area contributed by atoms with Gasteiger partial charge in [-0.1, -0.05) is 13.8 Å². The van der Waals surface area contributed by atoms with Gasteiger partial charge in [0.1, 0.15) is 5.82 Å². The van der Waals surface area contributed by atoms with Crippen LogP contribution in [0.1, 0.15) is 20.3 Å². The van der Waals surface area contributed by atoms with Crippen LogP contribution in [0.25, 0.3) is 0 Å². The van der Waals surface area contributed by atoms with E-state index < -0.39 is 0 Å². The second kappa shape index (κ2) is 5.60. The van der Waals surface area contributed by atoms with Gasteiger partial charge in [-0.3, -0.25) is 0 Å². The quantitative estimate of drug-likeness (QED) is 0.655. The minimum absolute atomic E-state index is 0.160. The van der Waals surface area contributed by atoms with Crippen LogP contribution < -0.4 is 11.1 Å². The molecule has 0 amide bonds. The Labute approximate surface area is 90.3 Å². The average Bonchev–Trinajstić information content (AvgIpc) is 2.57. The molecule has 0 saturated carbocycles. The number of aliphatic hydroxyl groups excluding tert-OH is 1. The fraction of sp³-hybridized carbons (Fsp3) is 0.700. The van der Waals surface area contributed by atoms with Gasteiger partial charge in [0.15, 0.2) is 0 Å². The summed E-state index contributed by atoms with van der Waals surface area (Å²) in [7, 11) is 0. The monoisotopic (exact) mass is 212 g/mol. The number of anilines is 2. The third-order valence-corrected chi connectivity index (χ3v) is 2.21. The summed E-state index contributed by atoms with van der Waals surface area (Å²) in [5.74, 6) is 1.05. The van der Waals surface area contributed by atoms with Gasteiger partial charge < -0.3 is 16.2 Å². The standard InChI is InChI=1S/C10H20N4O/c1-3-4-12-10-9(11)5-13-14(10)6-8(2)7-15/h5,8,12,15H,3-4,6-7,11H2,1-2H3. The van der Waals surface area contributed by atoms with E-state index in [9.17, 15) is 0 Å². The predicted octanol–water partition coefficient (Wildman–Crippen LogP) is 0.916. The topological polar surface area (TPSA) is 76.1 Å². The molecule has 0 saturated heterocycles. The van der Waals surface area contributed by atoms with Crippen molar-refractivity contribution in [1.82, 2.24) is 9.78 Å². The molecule has 0 bridgehead atoms. The lowest BCUT2D eigenvalue weighted by molar-refractivity contribution is 0.219. The molecule has 0 aromatic carbocycles. The SMILES string of the molecule is CCCNc1c(N)cnn1CC(C)CO. The van der Waals surface area contributed by atoms with Crippen LogP contribution in [0.4, 0.5) is 11.5 Å². The van der Waals surface area contributed by atoms with Crippen molar-refractivity contribution in [2.75, 3.05) is 24.2 Å². The van der Waals surface area contributed by atoms with Crippen LogP contribution in [-0.2, 0) is 6.54 Å². The molecule has 0 aliphatic heterocycles. The van der Waals surface area contributed by atoms with E-state index in [1.54, 1.807) is 6.20 Å². The van der Waals surface area contributed by atoms with Crippen LogP contribution in [0.2, 0.25) is 0 Å². The maximum atomic E-state index is 8.98. The zero-order chi connectivity index (χ0) is 11.3. The van der Waals surface area contributed by atoms with Crippen LogP contribution in [0, 0.1) is 5.92 Å². The maximum Gasteiger partial charge on any atom is 0.147 e. The highest BCUT2D eigenvalue weighted by Gasteiger charge is 2.09. The number of aromatic nitrogens is 2. The van der Waals surface area contributed by atoms with Gasteiger partial charge in [-0.25, -0.2) is 4.68 Å². The lowest BCUT2D eigenvalue weighted by atomic mass is 10.2. The fourth-order valence-corrected chi connectivity index (χ4v) is 1.33. The third-order valence-electron chi connectivity index (χ3n) is 2.21. The van der Waals surface area contributed by atoms with Gasteiger partial charge in [-0.2, -0.15) is 5.10 Å². The molecule has 4 N–H and O–H groups in total. The molecule has 0 spiro atoms. The van der Waals surface area contributed by atoms with Crippen molar-refractivity contribution in [2.24, 2.45) is 5.92 Å². The second-order valence-corrected chi connectivity index (χ2v) is 3.85. The third kappa shape index (κ3) is 3.13. The van der Waals surface area contributed by atoms with Crippen LogP contribution in [-0.4, -0.2) is 28.0 Å². The van der Waals surface area contributed by atoms with Crippen molar-refractivity contribution in [1.29, 1.82) is 0 Å². The Morgan fingerprint density at radius 3 is 3.00 bits per heavy atom. The van der Waals surface area contributed by atoms with Crippen LogP contribution >= 0.6 is 0 Å². The summed E-state index contributed by atoms with van der Waals surface area (Å²) < 4.78 is 1.81. The molecule has 0 aliphatic rings. The highest BCUT2D eigenvalue weighted by Crippen LogP contribution is 2.18. The molecule has 5 heteroatoms. The first-order valence-electron chi connectivity index (χ1n) is 5.35. The fourth-order valence-electron chi connectivity index (χ4n) is 1.33. The molecule has 1 atom stereocenters. The number of nitrogen functional groups attached to an aromatic ring is 1. The Morgan fingerprint density at radius 1 is 1.67 bits per heavy atom. The Balaban J connectivity index is 2.69. The molecular weight excluding hydrogens is 192 g/mol. The van der Waals surface area contributed by atoms with E-state index in [0.29, 0.717) is 12.2 Å². The molecule has 15 heavy (non-hydrogen) atoms. The van der Waals surface area contributed by atoms with E-state index in [4.69, 9.17) is 10.8 Å². The molecule has 5 nitrogen and oxygen atoms in total. The Kier molecular flexibility index (Phi) is 4.42. The highest BCUT2D eigenvalue weighted by atomic mass is 16.3. The van der Waals surface area contributed by atoms with E-state index >= 15 is 0 Å². The van der Waals surface area contributed by atoms with Crippen molar-refractivity contribution < 1.29 is 5.11 Å². The average molecular weight is 212 g/mol. The van der Waals surface area contributed by atoms with Crippen molar-refractivity contribution >= 4 is 11.5 Å². The molecule has 1 unspecified atom stereocenters. The van der Waals surface area contributed by atoms with E-state index in [0.717, 1.165) is 18.8 Å².